The van der Waals surface area contributed by atoms with Crippen LogP contribution in [0, 0.1) is 5.92 Å². The van der Waals surface area contributed by atoms with E-state index in [1.165, 1.54) is 4.88 Å². The minimum Gasteiger partial charge on any atom is -0.379 e. The zero-order valence-electron chi connectivity index (χ0n) is 10.9. The first-order chi connectivity index (χ1) is 8.11. The molecule has 17 heavy (non-hydrogen) atoms. The number of ether oxygens (including phenoxy) is 2. The lowest BCUT2D eigenvalue weighted by atomic mass is 10.1. The molecule has 1 aromatic rings. The summed E-state index contributed by atoms with van der Waals surface area (Å²) in [5.74, 6) is 0.566. The monoisotopic (exact) mass is 257 g/mol. The number of hydrogen-bond acceptors (Lipinski definition) is 4. The van der Waals surface area contributed by atoms with Gasteiger partial charge >= 0.3 is 0 Å². The zero-order chi connectivity index (χ0) is 12.7. The normalized spacial score (nSPS) is 15.1. The van der Waals surface area contributed by atoms with Crippen molar-refractivity contribution in [2.45, 2.75) is 32.9 Å². The molecule has 3 nitrogen and oxygen atoms in total. The van der Waals surface area contributed by atoms with Gasteiger partial charge in [-0.3, -0.25) is 0 Å². The maximum Gasteiger partial charge on any atom is 0.106 e. The van der Waals surface area contributed by atoms with Crippen LogP contribution < -0.4 is 5.73 Å². The van der Waals surface area contributed by atoms with E-state index >= 15 is 0 Å². The fraction of sp³-hybridized carbons (Fsp3) is 0.692. The molecule has 4 heteroatoms. The van der Waals surface area contributed by atoms with Gasteiger partial charge in [0.15, 0.2) is 0 Å². The molecule has 0 aliphatic heterocycles. The van der Waals surface area contributed by atoms with Gasteiger partial charge in [0.05, 0.1) is 13.2 Å². The lowest BCUT2D eigenvalue weighted by molar-refractivity contribution is -0.00814. The van der Waals surface area contributed by atoms with E-state index in [4.69, 9.17) is 15.2 Å². The van der Waals surface area contributed by atoms with E-state index in [0.29, 0.717) is 19.1 Å². The Balaban J connectivity index is 2.27. The summed E-state index contributed by atoms with van der Waals surface area (Å²) < 4.78 is 11.3. The summed E-state index contributed by atoms with van der Waals surface area (Å²) in [7, 11) is 0. The van der Waals surface area contributed by atoms with E-state index in [-0.39, 0.29) is 12.1 Å². The molecule has 0 saturated heterocycles. The molecular formula is C13H23NO2S. The van der Waals surface area contributed by atoms with E-state index in [2.05, 4.69) is 19.9 Å². The standard InChI is InChI=1S/C13H23NO2S/c1-10(2)9-15-6-7-16-13(11(3)14)12-5-4-8-17-12/h4-5,8,10-11,13H,6-7,9,14H2,1-3H3. The Bertz CT molecular complexity index is 286. The molecule has 0 fully saturated rings. The smallest absolute Gasteiger partial charge is 0.106 e. The number of rotatable bonds is 8. The maximum absolute atomic E-state index is 5.93. The van der Waals surface area contributed by atoms with Gasteiger partial charge in [-0.25, -0.2) is 0 Å². The molecule has 0 spiro atoms. The van der Waals surface area contributed by atoms with Crippen molar-refractivity contribution in [2.75, 3.05) is 19.8 Å². The summed E-state index contributed by atoms with van der Waals surface area (Å²) in [5.41, 5.74) is 5.93. The van der Waals surface area contributed by atoms with Gasteiger partial charge in [0, 0.05) is 17.5 Å². The van der Waals surface area contributed by atoms with Gasteiger partial charge < -0.3 is 15.2 Å². The third-order valence-electron chi connectivity index (χ3n) is 2.28. The fourth-order valence-electron chi connectivity index (χ4n) is 1.50. The molecule has 0 radical (unpaired) electrons. The first kappa shape index (κ1) is 14.6. The molecule has 1 aromatic heterocycles. The van der Waals surface area contributed by atoms with Crippen molar-refractivity contribution in [1.82, 2.24) is 0 Å². The van der Waals surface area contributed by atoms with E-state index in [1.54, 1.807) is 11.3 Å². The Morgan fingerprint density at radius 1 is 1.29 bits per heavy atom. The van der Waals surface area contributed by atoms with Crippen LogP contribution in [0.15, 0.2) is 17.5 Å². The predicted octanol–water partition coefficient (Wildman–Crippen LogP) is 2.83. The molecule has 98 valence electrons. The van der Waals surface area contributed by atoms with Crippen LogP contribution in [0.3, 0.4) is 0 Å². The molecule has 0 aliphatic rings. The SMILES string of the molecule is CC(C)COCCOC(c1cccs1)C(C)N. The van der Waals surface area contributed by atoms with Crippen LogP contribution in [-0.4, -0.2) is 25.9 Å². The fourth-order valence-corrected chi connectivity index (χ4v) is 2.39. The first-order valence-electron chi connectivity index (χ1n) is 6.09. The highest BCUT2D eigenvalue weighted by Gasteiger charge is 2.17. The van der Waals surface area contributed by atoms with Crippen molar-refractivity contribution >= 4 is 11.3 Å². The first-order valence-corrected chi connectivity index (χ1v) is 6.97. The summed E-state index contributed by atoms with van der Waals surface area (Å²) in [4.78, 5) is 1.18. The quantitative estimate of drug-likeness (QED) is 0.728. The zero-order valence-corrected chi connectivity index (χ0v) is 11.7. The molecule has 1 heterocycles. The van der Waals surface area contributed by atoms with E-state index < -0.39 is 0 Å². The van der Waals surface area contributed by atoms with E-state index in [1.807, 2.05) is 18.4 Å². The number of hydrogen-bond donors (Lipinski definition) is 1. The highest BCUT2D eigenvalue weighted by Crippen LogP contribution is 2.24. The van der Waals surface area contributed by atoms with Crippen molar-refractivity contribution in [2.24, 2.45) is 11.7 Å². The number of thiophene rings is 1. The minimum atomic E-state index is -0.0161. The molecular weight excluding hydrogens is 234 g/mol. The summed E-state index contributed by atoms with van der Waals surface area (Å²) in [6.07, 6.45) is -0.0161. The molecule has 0 aliphatic carbocycles. The molecule has 2 N–H and O–H groups in total. The minimum absolute atomic E-state index is 0.00116. The molecule has 0 amide bonds. The third kappa shape index (κ3) is 5.64. The van der Waals surface area contributed by atoms with Gasteiger partial charge in [-0.05, 0) is 24.3 Å². The van der Waals surface area contributed by atoms with Gasteiger partial charge in [0.2, 0.25) is 0 Å². The predicted molar refractivity (Wildman–Crippen MR) is 72.3 cm³/mol. The Hall–Kier alpha value is -0.420. The van der Waals surface area contributed by atoms with Crippen LogP contribution >= 0.6 is 11.3 Å². The molecule has 0 bridgehead atoms. The maximum atomic E-state index is 5.93. The van der Waals surface area contributed by atoms with Crippen molar-refractivity contribution in [3.05, 3.63) is 22.4 Å². The number of nitrogens with two attached hydrogens (primary N) is 1. The third-order valence-corrected chi connectivity index (χ3v) is 3.21. The summed E-state index contributed by atoms with van der Waals surface area (Å²) >= 11 is 1.68. The second-order valence-electron chi connectivity index (χ2n) is 4.63. The highest BCUT2D eigenvalue weighted by molar-refractivity contribution is 7.10. The van der Waals surface area contributed by atoms with Crippen molar-refractivity contribution < 1.29 is 9.47 Å². The summed E-state index contributed by atoms with van der Waals surface area (Å²) in [6, 6.07) is 4.08. The van der Waals surface area contributed by atoms with Crippen LogP contribution in [0.25, 0.3) is 0 Å². The second kappa shape index (κ2) is 7.82. The lowest BCUT2D eigenvalue weighted by Gasteiger charge is -2.20. The molecule has 2 atom stereocenters. The summed E-state index contributed by atoms with van der Waals surface area (Å²) in [5, 5.41) is 2.04. The average molecular weight is 257 g/mol. The van der Waals surface area contributed by atoms with Crippen LogP contribution in [-0.2, 0) is 9.47 Å². The average Bonchev–Trinajstić information content (AvgIpc) is 2.75. The lowest BCUT2D eigenvalue weighted by Crippen LogP contribution is -2.27. The van der Waals surface area contributed by atoms with Gasteiger partial charge in [-0.1, -0.05) is 19.9 Å². The van der Waals surface area contributed by atoms with Crippen molar-refractivity contribution in [3.63, 3.8) is 0 Å². The Labute approximate surface area is 108 Å². The summed E-state index contributed by atoms with van der Waals surface area (Å²) in [6.45, 7) is 8.25. The Morgan fingerprint density at radius 2 is 2.06 bits per heavy atom. The van der Waals surface area contributed by atoms with Crippen LogP contribution in [0.2, 0.25) is 0 Å². The van der Waals surface area contributed by atoms with Crippen LogP contribution in [0.5, 0.6) is 0 Å². The van der Waals surface area contributed by atoms with E-state index in [0.717, 1.165) is 6.61 Å². The van der Waals surface area contributed by atoms with Gasteiger partial charge in [-0.2, -0.15) is 0 Å². The van der Waals surface area contributed by atoms with Crippen LogP contribution in [0.1, 0.15) is 31.8 Å². The largest absolute Gasteiger partial charge is 0.379 e. The van der Waals surface area contributed by atoms with Gasteiger partial charge in [0.1, 0.15) is 6.10 Å². The molecule has 0 aromatic carbocycles. The molecule has 1 rings (SSSR count). The molecule has 0 saturated carbocycles. The van der Waals surface area contributed by atoms with Gasteiger partial charge in [-0.15, -0.1) is 11.3 Å². The van der Waals surface area contributed by atoms with Crippen molar-refractivity contribution in [1.29, 1.82) is 0 Å². The molecule has 2 unspecified atom stereocenters. The highest BCUT2D eigenvalue weighted by atomic mass is 32.1. The van der Waals surface area contributed by atoms with E-state index in [9.17, 15) is 0 Å². The Morgan fingerprint density at radius 3 is 2.59 bits per heavy atom. The van der Waals surface area contributed by atoms with Crippen molar-refractivity contribution in [3.8, 4) is 0 Å². The van der Waals surface area contributed by atoms with Crippen LogP contribution in [0.4, 0.5) is 0 Å². The topological polar surface area (TPSA) is 44.5 Å². The Kier molecular flexibility index (Phi) is 6.73. The second-order valence-corrected chi connectivity index (χ2v) is 5.61. The van der Waals surface area contributed by atoms with Gasteiger partial charge in [0.25, 0.3) is 0 Å².